The fourth-order valence-electron chi connectivity index (χ4n) is 1.61. The molecule has 0 aromatic rings. The van der Waals surface area contributed by atoms with Crippen molar-refractivity contribution in [2.45, 2.75) is 20.3 Å². The highest BCUT2D eigenvalue weighted by atomic mass is 32.2. The van der Waals surface area contributed by atoms with Gasteiger partial charge in [0.1, 0.15) is 4.32 Å². The Hall–Kier alpha value is -0.620. The normalized spacial score (nSPS) is 19.0. The standard InChI is InChI=1S/C11H17NO3S2/c1-7(6-9(13)15-3)8(2)10(14)12-4-5-17-11(12)16/h7-8H,4-6H2,1-3H3. The Kier molecular flexibility index (Phi) is 5.39. The maximum absolute atomic E-state index is 12.1. The second-order valence-electron chi connectivity index (χ2n) is 4.15. The predicted molar refractivity (Wildman–Crippen MR) is 71.7 cm³/mol. The molecule has 1 saturated heterocycles. The van der Waals surface area contributed by atoms with E-state index in [2.05, 4.69) is 4.74 Å². The van der Waals surface area contributed by atoms with E-state index >= 15 is 0 Å². The number of rotatable bonds is 4. The molecule has 0 radical (unpaired) electrons. The first kappa shape index (κ1) is 14.4. The lowest BCUT2D eigenvalue weighted by Crippen LogP contribution is -2.37. The average molecular weight is 275 g/mol. The van der Waals surface area contributed by atoms with Gasteiger partial charge in [0.2, 0.25) is 5.91 Å². The largest absolute Gasteiger partial charge is 0.469 e. The number of ether oxygens (including phenoxy) is 1. The molecule has 0 spiro atoms. The first-order chi connectivity index (χ1) is 7.97. The third kappa shape index (κ3) is 3.67. The predicted octanol–water partition coefficient (Wildman–Crippen LogP) is 1.68. The summed E-state index contributed by atoms with van der Waals surface area (Å²) in [5.41, 5.74) is 0. The molecule has 4 nitrogen and oxygen atoms in total. The van der Waals surface area contributed by atoms with Crippen molar-refractivity contribution in [1.82, 2.24) is 4.90 Å². The van der Waals surface area contributed by atoms with Crippen LogP contribution in [0.4, 0.5) is 0 Å². The van der Waals surface area contributed by atoms with Crippen LogP contribution in [0.25, 0.3) is 0 Å². The number of hydrogen-bond donors (Lipinski definition) is 0. The molecule has 6 heteroatoms. The highest BCUT2D eigenvalue weighted by molar-refractivity contribution is 8.23. The quantitative estimate of drug-likeness (QED) is 0.577. The molecular formula is C11H17NO3S2. The summed E-state index contributed by atoms with van der Waals surface area (Å²) >= 11 is 6.64. The van der Waals surface area contributed by atoms with Crippen LogP contribution in [0.3, 0.4) is 0 Å². The third-order valence-electron chi connectivity index (χ3n) is 2.99. The van der Waals surface area contributed by atoms with Gasteiger partial charge in [-0.15, -0.1) is 0 Å². The highest BCUT2D eigenvalue weighted by Gasteiger charge is 2.31. The summed E-state index contributed by atoms with van der Waals surface area (Å²) in [6, 6.07) is 0. The van der Waals surface area contributed by atoms with Crippen LogP contribution in [0.5, 0.6) is 0 Å². The maximum atomic E-state index is 12.1. The van der Waals surface area contributed by atoms with E-state index in [0.717, 1.165) is 5.75 Å². The van der Waals surface area contributed by atoms with Gasteiger partial charge < -0.3 is 4.74 Å². The molecule has 17 heavy (non-hydrogen) atoms. The fraction of sp³-hybridized carbons (Fsp3) is 0.727. The van der Waals surface area contributed by atoms with E-state index in [9.17, 15) is 9.59 Å². The van der Waals surface area contributed by atoms with Crippen molar-refractivity contribution in [2.24, 2.45) is 11.8 Å². The summed E-state index contributed by atoms with van der Waals surface area (Å²) in [7, 11) is 1.35. The van der Waals surface area contributed by atoms with E-state index in [1.54, 1.807) is 4.90 Å². The molecule has 2 atom stereocenters. The molecule has 0 bridgehead atoms. The van der Waals surface area contributed by atoms with Gasteiger partial charge in [-0.3, -0.25) is 14.5 Å². The number of hydrogen-bond acceptors (Lipinski definition) is 5. The van der Waals surface area contributed by atoms with E-state index in [4.69, 9.17) is 12.2 Å². The first-order valence-corrected chi connectivity index (χ1v) is 6.91. The minimum atomic E-state index is -0.282. The SMILES string of the molecule is COC(=O)CC(C)C(C)C(=O)N1CCSC1=S. The van der Waals surface area contributed by atoms with Crippen molar-refractivity contribution in [1.29, 1.82) is 0 Å². The Morgan fingerprint density at radius 1 is 1.53 bits per heavy atom. The van der Waals surface area contributed by atoms with Gasteiger partial charge in [0, 0.05) is 24.6 Å². The molecule has 1 heterocycles. The van der Waals surface area contributed by atoms with Crippen LogP contribution >= 0.6 is 24.0 Å². The molecule has 1 rings (SSSR count). The average Bonchev–Trinajstić information content (AvgIpc) is 2.73. The lowest BCUT2D eigenvalue weighted by atomic mass is 9.92. The number of amides is 1. The van der Waals surface area contributed by atoms with E-state index in [1.165, 1.54) is 18.9 Å². The van der Waals surface area contributed by atoms with Crippen LogP contribution in [0, 0.1) is 11.8 Å². The van der Waals surface area contributed by atoms with E-state index in [0.29, 0.717) is 10.9 Å². The van der Waals surface area contributed by atoms with Crippen LogP contribution in [-0.4, -0.2) is 40.5 Å². The summed E-state index contributed by atoms with van der Waals surface area (Å²) in [4.78, 5) is 24.9. The molecule has 2 unspecified atom stereocenters. The Bertz CT molecular complexity index is 333. The molecule has 1 amide bonds. The van der Waals surface area contributed by atoms with E-state index in [1.807, 2.05) is 13.8 Å². The maximum Gasteiger partial charge on any atom is 0.305 e. The van der Waals surface area contributed by atoms with Crippen molar-refractivity contribution >= 4 is 40.2 Å². The zero-order chi connectivity index (χ0) is 13.0. The van der Waals surface area contributed by atoms with Gasteiger partial charge >= 0.3 is 5.97 Å². The Morgan fingerprint density at radius 2 is 2.18 bits per heavy atom. The minimum absolute atomic E-state index is 0.0106. The number of nitrogens with zero attached hydrogens (tertiary/aromatic N) is 1. The van der Waals surface area contributed by atoms with Crippen molar-refractivity contribution in [3.63, 3.8) is 0 Å². The van der Waals surface area contributed by atoms with Gasteiger partial charge in [0.05, 0.1) is 7.11 Å². The molecule has 96 valence electrons. The summed E-state index contributed by atoms with van der Waals surface area (Å²) in [6.07, 6.45) is 0.261. The van der Waals surface area contributed by atoms with Gasteiger partial charge in [-0.25, -0.2) is 0 Å². The zero-order valence-corrected chi connectivity index (χ0v) is 11.9. The number of methoxy groups -OCH3 is 1. The number of thioether (sulfide) groups is 1. The summed E-state index contributed by atoms with van der Waals surface area (Å²) in [5.74, 6) is 0.337. The number of esters is 1. The first-order valence-electron chi connectivity index (χ1n) is 5.52. The van der Waals surface area contributed by atoms with E-state index in [-0.39, 0.29) is 30.1 Å². The minimum Gasteiger partial charge on any atom is -0.469 e. The Labute approximate surface area is 111 Å². The Morgan fingerprint density at radius 3 is 2.65 bits per heavy atom. The Balaban J connectivity index is 2.56. The highest BCUT2D eigenvalue weighted by Crippen LogP contribution is 2.24. The van der Waals surface area contributed by atoms with Crippen LogP contribution in [0.15, 0.2) is 0 Å². The monoisotopic (exact) mass is 275 g/mol. The van der Waals surface area contributed by atoms with Gasteiger partial charge in [0.25, 0.3) is 0 Å². The molecule has 0 saturated carbocycles. The number of carbonyl (C=O) groups excluding carboxylic acids is 2. The van der Waals surface area contributed by atoms with E-state index < -0.39 is 0 Å². The topological polar surface area (TPSA) is 46.6 Å². The van der Waals surface area contributed by atoms with Gasteiger partial charge in [0.15, 0.2) is 0 Å². The van der Waals surface area contributed by atoms with Crippen LogP contribution in [0.2, 0.25) is 0 Å². The second-order valence-corrected chi connectivity index (χ2v) is 5.88. The number of carbonyl (C=O) groups is 2. The molecule has 1 aliphatic heterocycles. The summed E-state index contributed by atoms with van der Waals surface area (Å²) in [6.45, 7) is 4.39. The fourth-order valence-corrected chi connectivity index (χ4v) is 2.82. The van der Waals surface area contributed by atoms with Crippen LogP contribution < -0.4 is 0 Å². The molecule has 1 aliphatic rings. The lowest BCUT2D eigenvalue weighted by Gasteiger charge is -2.23. The number of thiocarbonyl (C=S) groups is 1. The zero-order valence-electron chi connectivity index (χ0n) is 10.3. The van der Waals surface area contributed by atoms with Gasteiger partial charge in [-0.1, -0.05) is 37.8 Å². The molecule has 0 N–H and O–H groups in total. The smallest absolute Gasteiger partial charge is 0.305 e. The molecule has 0 aromatic carbocycles. The van der Waals surface area contributed by atoms with Crippen molar-refractivity contribution in [3.05, 3.63) is 0 Å². The second kappa shape index (κ2) is 6.35. The molecular weight excluding hydrogens is 258 g/mol. The van der Waals surface area contributed by atoms with Crippen molar-refractivity contribution in [3.8, 4) is 0 Å². The van der Waals surface area contributed by atoms with Crippen molar-refractivity contribution < 1.29 is 14.3 Å². The van der Waals surface area contributed by atoms with Gasteiger partial charge in [-0.05, 0) is 5.92 Å². The summed E-state index contributed by atoms with van der Waals surface area (Å²) in [5, 5.41) is 0. The van der Waals surface area contributed by atoms with Crippen LogP contribution in [0.1, 0.15) is 20.3 Å². The molecule has 0 aliphatic carbocycles. The molecule has 1 fully saturated rings. The molecule has 0 aromatic heterocycles. The van der Waals surface area contributed by atoms with Crippen molar-refractivity contribution in [2.75, 3.05) is 19.4 Å². The van der Waals surface area contributed by atoms with Crippen LogP contribution in [-0.2, 0) is 14.3 Å². The van der Waals surface area contributed by atoms with Gasteiger partial charge in [-0.2, -0.15) is 0 Å². The lowest BCUT2D eigenvalue weighted by molar-refractivity contribution is -0.142. The third-order valence-corrected chi connectivity index (χ3v) is 4.41. The summed E-state index contributed by atoms with van der Waals surface area (Å²) < 4.78 is 5.25.